The van der Waals surface area contributed by atoms with Crippen molar-refractivity contribution in [1.29, 1.82) is 0 Å². The Balaban J connectivity index is 2.17. The zero-order valence-electron chi connectivity index (χ0n) is 11.8. The smallest absolute Gasteiger partial charge is 0.275 e. The second kappa shape index (κ2) is 5.35. The third-order valence-electron chi connectivity index (χ3n) is 3.76. The molecule has 1 atom stereocenters. The Labute approximate surface area is 133 Å². The highest BCUT2D eigenvalue weighted by molar-refractivity contribution is 6.35. The molecule has 1 aliphatic heterocycles. The highest BCUT2D eigenvalue weighted by Crippen LogP contribution is 2.42. The predicted octanol–water partition coefficient (Wildman–Crippen LogP) is 3.98. The van der Waals surface area contributed by atoms with Crippen LogP contribution in [0, 0.1) is 6.92 Å². The first kappa shape index (κ1) is 14.4. The van der Waals surface area contributed by atoms with Gasteiger partial charge in [0.05, 0.1) is 6.04 Å². The van der Waals surface area contributed by atoms with Crippen molar-refractivity contribution in [3.05, 3.63) is 50.8 Å². The van der Waals surface area contributed by atoms with Crippen LogP contribution in [-0.4, -0.2) is 27.5 Å². The molecule has 3 rings (SSSR count). The summed E-state index contributed by atoms with van der Waals surface area (Å²) in [6.45, 7) is 4.63. The number of aryl methyl sites for hydroxylation is 1. The molecule has 1 aromatic carbocycles. The van der Waals surface area contributed by atoms with E-state index in [1.165, 1.54) is 0 Å². The van der Waals surface area contributed by atoms with Crippen LogP contribution in [0.4, 0.5) is 0 Å². The first-order valence-corrected chi connectivity index (χ1v) is 7.61. The average molecular weight is 324 g/mol. The fourth-order valence-corrected chi connectivity index (χ4v) is 3.37. The standard InChI is InChI=1S/C15H15Cl2N3O/c1-3-6-20-14(10-5-4-9(16)7-11(10)17)12-8(2)18-19-13(12)15(20)21/h4-5,7,14H,3,6H2,1-2H3,(H,18,19). The van der Waals surface area contributed by atoms with Gasteiger partial charge in [-0.2, -0.15) is 5.10 Å². The lowest BCUT2D eigenvalue weighted by Crippen LogP contribution is -2.30. The number of halogens is 2. The van der Waals surface area contributed by atoms with Crippen molar-refractivity contribution in [1.82, 2.24) is 15.1 Å². The van der Waals surface area contributed by atoms with E-state index in [4.69, 9.17) is 23.2 Å². The molecule has 0 radical (unpaired) electrons. The maximum absolute atomic E-state index is 12.5. The molecule has 1 unspecified atom stereocenters. The molecular weight excluding hydrogens is 309 g/mol. The Hall–Kier alpha value is -1.52. The van der Waals surface area contributed by atoms with Gasteiger partial charge < -0.3 is 4.90 Å². The first-order chi connectivity index (χ1) is 10.0. The van der Waals surface area contributed by atoms with Crippen molar-refractivity contribution < 1.29 is 4.79 Å². The number of amides is 1. The Morgan fingerprint density at radius 2 is 2.14 bits per heavy atom. The van der Waals surface area contributed by atoms with Crippen molar-refractivity contribution in [2.24, 2.45) is 0 Å². The Kier molecular flexibility index (Phi) is 3.68. The van der Waals surface area contributed by atoms with Gasteiger partial charge in [-0.05, 0) is 31.0 Å². The molecule has 0 bridgehead atoms. The van der Waals surface area contributed by atoms with Gasteiger partial charge in [-0.25, -0.2) is 0 Å². The van der Waals surface area contributed by atoms with Gasteiger partial charge in [0.1, 0.15) is 0 Å². The number of aromatic amines is 1. The highest BCUT2D eigenvalue weighted by Gasteiger charge is 2.41. The topological polar surface area (TPSA) is 49.0 Å². The predicted molar refractivity (Wildman–Crippen MR) is 83.0 cm³/mol. The van der Waals surface area contributed by atoms with Crippen LogP contribution >= 0.6 is 23.2 Å². The molecule has 110 valence electrons. The summed E-state index contributed by atoms with van der Waals surface area (Å²) in [7, 11) is 0. The lowest BCUT2D eigenvalue weighted by atomic mass is 9.99. The molecular formula is C15H15Cl2N3O. The van der Waals surface area contributed by atoms with Gasteiger partial charge in [-0.3, -0.25) is 9.89 Å². The molecule has 6 heteroatoms. The quantitative estimate of drug-likeness (QED) is 0.928. The van der Waals surface area contributed by atoms with Crippen LogP contribution in [0.25, 0.3) is 0 Å². The molecule has 1 aliphatic rings. The van der Waals surface area contributed by atoms with Gasteiger partial charge in [-0.15, -0.1) is 0 Å². The molecule has 1 aromatic heterocycles. The third kappa shape index (κ3) is 2.23. The summed E-state index contributed by atoms with van der Waals surface area (Å²) in [6.07, 6.45) is 0.875. The molecule has 0 saturated heterocycles. The van der Waals surface area contributed by atoms with Crippen LogP contribution in [-0.2, 0) is 0 Å². The molecule has 0 fully saturated rings. The van der Waals surface area contributed by atoms with Crippen molar-refractivity contribution in [3.63, 3.8) is 0 Å². The number of H-pyrrole nitrogens is 1. The van der Waals surface area contributed by atoms with Crippen molar-refractivity contribution in [2.45, 2.75) is 26.3 Å². The number of carbonyl (C=O) groups excluding carboxylic acids is 1. The molecule has 2 heterocycles. The minimum Gasteiger partial charge on any atom is -0.326 e. The number of hydrogen-bond donors (Lipinski definition) is 1. The SMILES string of the molecule is CCCN1C(=O)c2n[nH]c(C)c2C1c1ccc(Cl)cc1Cl. The molecule has 0 aliphatic carbocycles. The van der Waals surface area contributed by atoms with E-state index in [2.05, 4.69) is 10.2 Å². The van der Waals surface area contributed by atoms with Crippen LogP contribution in [0.3, 0.4) is 0 Å². The molecule has 1 amide bonds. The first-order valence-electron chi connectivity index (χ1n) is 6.85. The number of benzene rings is 1. The van der Waals surface area contributed by atoms with Crippen LogP contribution in [0.1, 0.15) is 46.7 Å². The Morgan fingerprint density at radius 1 is 1.38 bits per heavy atom. The highest BCUT2D eigenvalue weighted by atomic mass is 35.5. The molecule has 21 heavy (non-hydrogen) atoms. The summed E-state index contributed by atoms with van der Waals surface area (Å²) in [6, 6.07) is 5.19. The van der Waals surface area contributed by atoms with Crippen LogP contribution < -0.4 is 0 Å². The number of carbonyl (C=O) groups is 1. The van der Waals surface area contributed by atoms with Crippen molar-refractivity contribution in [2.75, 3.05) is 6.54 Å². The molecule has 0 saturated carbocycles. The lowest BCUT2D eigenvalue weighted by molar-refractivity contribution is 0.0743. The van der Waals surface area contributed by atoms with Crippen LogP contribution in [0.15, 0.2) is 18.2 Å². The number of rotatable bonds is 3. The van der Waals surface area contributed by atoms with E-state index in [1.54, 1.807) is 12.1 Å². The van der Waals surface area contributed by atoms with Gasteiger partial charge in [0.2, 0.25) is 0 Å². The fourth-order valence-electron chi connectivity index (χ4n) is 2.86. The zero-order valence-corrected chi connectivity index (χ0v) is 13.3. The summed E-state index contributed by atoms with van der Waals surface area (Å²) < 4.78 is 0. The molecule has 0 spiro atoms. The van der Waals surface area contributed by atoms with Crippen LogP contribution in [0.5, 0.6) is 0 Å². The number of nitrogens with one attached hydrogen (secondary N) is 1. The minimum absolute atomic E-state index is 0.0489. The lowest BCUT2D eigenvalue weighted by Gasteiger charge is -2.26. The molecule has 4 nitrogen and oxygen atoms in total. The number of hydrogen-bond acceptors (Lipinski definition) is 2. The molecule has 2 aromatic rings. The minimum atomic E-state index is -0.198. The van der Waals surface area contributed by atoms with Gasteiger partial charge in [0.15, 0.2) is 5.69 Å². The van der Waals surface area contributed by atoms with E-state index in [0.29, 0.717) is 22.3 Å². The average Bonchev–Trinajstić information content (AvgIpc) is 2.93. The monoisotopic (exact) mass is 323 g/mol. The van der Waals surface area contributed by atoms with E-state index < -0.39 is 0 Å². The van der Waals surface area contributed by atoms with E-state index in [0.717, 1.165) is 23.2 Å². The van der Waals surface area contributed by atoms with E-state index in [9.17, 15) is 4.79 Å². The van der Waals surface area contributed by atoms with E-state index in [1.807, 2.05) is 24.8 Å². The largest absolute Gasteiger partial charge is 0.326 e. The number of aromatic nitrogens is 2. The number of fused-ring (bicyclic) bond motifs is 1. The molecule has 1 N–H and O–H groups in total. The van der Waals surface area contributed by atoms with Crippen LogP contribution in [0.2, 0.25) is 10.0 Å². The summed E-state index contributed by atoms with van der Waals surface area (Å²) in [5, 5.41) is 8.19. The normalized spacial score (nSPS) is 17.4. The Bertz CT molecular complexity index is 711. The fraction of sp³-hybridized carbons (Fsp3) is 0.333. The number of nitrogens with zero attached hydrogens (tertiary/aromatic N) is 2. The summed E-state index contributed by atoms with van der Waals surface area (Å²) in [5.41, 5.74) is 3.19. The van der Waals surface area contributed by atoms with E-state index >= 15 is 0 Å². The summed E-state index contributed by atoms with van der Waals surface area (Å²) in [5.74, 6) is -0.0489. The van der Waals surface area contributed by atoms with Gasteiger partial charge >= 0.3 is 0 Å². The van der Waals surface area contributed by atoms with Gasteiger partial charge in [0.25, 0.3) is 5.91 Å². The maximum atomic E-state index is 12.5. The summed E-state index contributed by atoms with van der Waals surface area (Å²) in [4.78, 5) is 14.4. The second-order valence-corrected chi connectivity index (χ2v) is 6.02. The van der Waals surface area contributed by atoms with Gasteiger partial charge in [0, 0.05) is 27.8 Å². The third-order valence-corrected chi connectivity index (χ3v) is 4.33. The second-order valence-electron chi connectivity index (χ2n) is 5.18. The Morgan fingerprint density at radius 3 is 2.81 bits per heavy atom. The summed E-state index contributed by atoms with van der Waals surface area (Å²) >= 11 is 12.3. The van der Waals surface area contributed by atoms with E-state index in [-0.39, 0.29) is 11.9 Å². The zero-order chi connectivity index (χ0) is 15.1. The van der Waals surface area contributed by atoms with Gasteiger partial charge in [-0.1, -0.05) is 36.2 Å². The van der Waals surface area contributed by atoms with Crippen molar-refractivity contribution in [3.8, 4) is 0 Å². The maximum Gasteiger partial charge on any atom is 0.275 e. The van der Waals surface area contributed by atoms with Crippen molar-refractivity contribution >= 4 is 29.1 Å².